The van der Waals surface area contributed by atoms with Crippen molar-refractivity contribution in [3.8, 4) is 6.07 Å². The smallest absolute Gasteiger partial charge is 0.0686 e. The Bertz CT molecular complexity index is 166. The van der Waals surface area contributed by atoms with Crippen LogP contribution in [-0.2, 0) is 0 Å². The zero-order valence-electron chi connectivity index (χ0n) is 8.52. The zero-order chi connectivity index (χ0) is 9.28. The van der Waals surface area contributed by atoms with Crippen molar-refractivity contribution in [2.24, 2.45) is 16.7 Å². The summed E-state index contributed by atoms with van der Waals surface area (Å²) < 4.78 is 0. The van der Waals surface area contributed by atoms with Crippen LogP contribution in [0.15, 0.2) is 0 Å². The van der Waals surface area contributed by atoms with E-state index < -0.39 is 0 Å². The molecule has 0 radical (unpaired) electrons. The molecule has 0 aromatic heterocycles. The first-order valence-corrected chi connectivity index (χ1v) is 4.13. The molecule has 0 N–H and O–H groups in total. The van der Waals surface area contributed by atoms with E-state index in [0.29, 0.717) is 5.92 Å². The van der Waals surface area contributed by atoms with Crippen molar-refractivity contribution in [1.82, 2.24) is 0 Å². The number of hydrogen-bond acceptors (Lipinski definition) is 1. The number of hydrogen-bond donors (Lipinski definition) is 0. The molecule has 1 atom stereocenters. The van der Waals surface area contributed by atoms with Crippen LogP contribution in [0.4, 0.5) is 0 Å². The molecule has 1 nitrogen and oxygen atoms in total. The minimum Gasteiger partial charge on any atom is -0.198 e. The maximum Gasteiger partial charge on any atom is 0.0686 e. The van der Waals surface area contributed by atoms with Crippen LogP contribution in [0.5, 0.6) is 0 Å². The van der Waals surface area contributed by atoms with Gasteiger partial charge in [-0.2, -0.15) is 5.26 Å². The lowest BCUT2D eigenvalue weighted by Gasteiger charge is -2.35. The van der Waals surface area contributed by atoms with Crippen LogP contribution < -0.4 is 0 Å². The van der Waals surface area contributed by atoms with Crippen LogP contribution in [0.2, 0.25) is 0 Å². The lowest BCUT2D eigenvalue weighted by Crippen LogP contribution is -2.30. The molecular weight excluding hydrogens is 134 g/mol. The van der Waals surface area contributed by atoms with Crippen LogP contribution in [0.3, 0.4) is 0 Å². The fourth-order valence-corrected chi connectivity index (χ4v) is 1.18. The maximum atomic E-state index is 8.88. The van der Waals surface area contributed by atoms with Gasteiger partial charge in [0.15, 0.2) is 0 Å². The van der Waals surface area contributed by atoms with Crippen molar-refractivity contribution in [3.63, 3.8) is 0 Å². The second-order valence-corrected chi connectivity index (χ2v) is 4.92. The van der Waals surface area contributed by atoms with Gasteiger partial charge in [-0.1, -0.05) is 27.7 Å². The molecule has 0 saturated carbocycles. The molecule has 64 valence electrons. The number of nitrogens with zero attached hydrogens (tertiary/aromatic N) is 1. The Balaban J connectivity index is 4.52. The molecular formula is C10H19N. The Kier molecular flexibility index (Phi) is 2.72. The zero-order valence-corrected chi connectivity index (χ0v) is 8.52. The molecule has 11 heavy (non-hydrogen) atoms. The van der Waals surface area contributed by atoms with E-state index in [1.54, 1.807) is 0 Å². The van der Waals surface area contributed by atoms with Crippen molar-refractivity contribution in [2.45, 2.75) is 41.5 Å². The Morgan fingerprint density at radius 3 is 1.55 bits per heavy atom. The second-order valence-electron chi connectivity index (χ2n) is 4.92. The highest BCUT2D eigenvalue weighted by molar-refractivity contribution is 4.98. The van der Waals surface area contributed by atoms with E-state index in [-0.39, 0.29) is 10.8 Å². The molecule has 0 aromatic carbocycles. The third kappa shape index (κ3) is 2.54. The van der Waals surface area contributed by atoms with Gasteiger partial charge in [0.1, 0.15) is 0 Å². The summed E-state index contributed by atoms with van der Waals surface area (Å²) >= 11 is 0. The number of nitriles is 1. The lowest BCUT2D eigenvalue weighted by molar-refractivity contribution is 0.150. The minimum atomic E-state index is -0.210. The average molecular weight is 153 g/mol. The Morgan fingerprint density at radius 2 is 1.45 bits per heavy atom. The van der Waals surface area contributed by atoms with E-state index in [4.69, 9.17) is 5.26 Å². The number of rotatable bonds is 1. The molecule has 0 aromatic rings. The normalized spacial score (nSPS) is 15.7. The summed E-state index contributed by atoms with van der Waals surface area (Å²) in [6, 6.07) is 2.35. The molecule has 0 aliphatic rings. The second kappa shape index (κ2) is 2.85. The van der Waals surface area contributed by atoms with Gasteiger partial charge < -0.3 is 0 Å². The highest BCUT2D eigenvalue weighted by Crippen LogP contribution is 2.38. The fraction of sp³-hybridized carbons (Fsp3) is 0.900. The average Bonchev–Trinajstić information content (AvgIpc) is 1.84. The van der Waals surface area contributed by atoms with E-state index in [0.717, 1.165) is 0 Å². The van der Waals surface area contributed by atoms with Crippen LogP contribution in [0.25, 0.3) is 0 Å². The predicted octanol–water partition coefficient (Wildman–Crippen LogP) is 3.22. The summed E-state index contributed by atoms with van der Waals surface area (Å²) in [7, 11) is 0. The van der Waals surface area contributed by atoms with Crippen molar-refractivity contribution >= 4 is 0 Å². The largest absolute Gasteiger partial charge is 0.198 e. The van der Waals surface area contributed by atoms with E-state index in [9.17, 15) is 0 Å². The van der Waals surface area contributed by atoms with Crippen LogP contribution in [0.1, 0.15) is 41.5 Å². The van der Waals surface area contributed by atoms with Gasteiger partial charge in [-0.3, -0.25) is 0 Å². The Hall–Kier alpha value is -0.510. The highest BCUT2D eigenvalue weighted by Gasteiger charge is 2.34. The summed E-state index contributed by atoms with van der Waals surface area (Å²) in [4.78, 5) is 0. The molecule has 0 fully saturated rings. The molecule has 0 amide bonds. The molecule has 0 saturated heterocycles. The summed E-state index contributed by atoms with van der Waals surface area (Å²) in [5.41, 5.74) is 0.0114. The summed E-state index contributed by atoms with van der Waals surface area (Å²) in [6.45, 7) is 12.7. The SMILES string of the molecule is CC(C(C)(C)C)C(C)(C)C#N. The molecule has 0 bridgehead atoms. The third-order valence-electron chi connectivity index (χ3n) is 2.67. The van der Waals surface area contributed by atoms with E-state index >= 15 is 0 Å². The van der Waals surface area contributed by atoms with Crippen LogP contribution >= 0.6 is 0 Å². The van der Waals surface area contributed by atoms with E-state index in [1.165, 1.54) is 0 Å². The molecule has 1 unspecified atom stereocenters. The molecule has 1 heteroatoms. The molecule has 0 rings (SSSR count). The Morgan fingerprint density at radius 1 is 1.09 bits per heavy atom. The third-order valence-corrected chi connectivity index (χ3v) is 2.67. The van der Waals surface area contributed by atoms with Crippen LogP contribution in [-0.4, -0.2) is 0 Å². The maximum absolute atomic E-state index is 8.88. The van der Waals surface area contributed by atoms with Gasteiger partial charge in [0, 0.05) is 0 Å². The van der Waals surface area contributed by atoms with Gasteiger partial charge in [-0.15, -0.1) is 0 Å². The van der Waals surface area contributed by atoms with Gasteiger partial charge >= 0.3 is 0 Å². The highest BCUT2D eigenvalue weighted by atomic mass is 14.4. The van der Waals surface area contributed by atoms with Gasteiger partial charge in [0.2, 0.25) is 0 Å². The molecule has 0 aliphatic carbocycles. The van der Waals surface area contributed by atoms with Gasteiger partial charge in [-0.25, -0.2) is 0 Å². The standard InChI is InChI=1S/C10H19N/c1-8(9(2,3)4)10(5,6)7-11/h8H,1-6H3. The summed E-state index contributed by atoms with van der Waals surface area (Å²) in [5.74, 6) is 0.417. The quantitative estimate of drug-likeness (QED) is 0.567. The van der Waals surface area contributed by atoms with Gasteiger partial charge in [0.25, 0.3) is 0 Å². The molecule has 0 heterocycles. The van der Waals surface area contributed by atoms with Crippen molar-refractivity contribution in [1.29, 1.82) is 5.26 Å². The predicted molar refractivity (Wildman–Crippen MR) is 48.0 cm³/mol. The molecule has 0 aliphatic heterocycles. The van der Waals surface area contributed by atoms with Gasteiger partial charge in [-0.05, 0) is 25.2 Å². The first-order valence-electron chi connectivity index (χ1n) is 4.13. The fourth-order valence-electron chi connectivity index (χ4n) is 1.18. The van der Waals surface area contributed by atoms with E-state index in [2.05, 4.69) is 33.8 Å². The monoisotopic (exact) mass is 153 g/mol. The van der Waals surface area contributed by atoms with Crippen molar-refractivity contribution in [2.75, 3.05) is 0 Å². The van der Waals surface area contributed by atoms with Crippen molar-refractivity contribution in [3.05, 3.63) is 0 Å². The molecule has 0 spiro atoms. The first kappa shape index (κ1) is 10.5. The first-order chi connectivity index (χ1) is 4.72. The van der Waals surface area contributed by atoms with E-state index in [1.807, 2.05) is 13.8 Å². The van der Waals surface area contributed by atoms with Crippen molar-refractivity contribution < 1.29 is 0 Å². The summed E-state index contributed by atoms with van der Waals surface area (Å²) in [6.07, 6.45) is 0. The summed E-state index contributed by atoms with van der Waals surface area (Å²) in [5, 5.41) is 8.88. The van der Waals surface area contributed by atoms with Crippen LogP contribution in [0, 0.1) is 28.1 Å². The minimum absolute atomic E-state index is 0.210. The Labute approximate surface area is 70.4 Å². The lowest BCUT2D eigenvalue weighted by atomic mass is 9.67. The topological polar surface area (TPSA) is 23.8 Å². The van der Waals surface area contributed by atoms with Gasteiger partial charge in [0.05, 0.1) is 11.5 Å².